The Labute approximate surface area is 192 Å². The Morgan fingerprint density at radius 3 is 2.38 bits per heavy atom. The van der Waals surface area contributed by atoms with Gasteiger partial charge in [-0.2, -0.15) is 24.9 Å². The summed E-state index contributed by atoms with van der Waals surface area (Å²) in [6, 6.07) is 9.83. The van der Waals surface area contributed by atoms with Crippen LogP contribution in [0.25, 0.3) is 0 Å². The number of benzene rings is 2. The third-order valence-corrected chi connectivity index (χ3v) is 8.05. The number of sulfone groups is 1. The van der Waals surface area contributed by atoms with Crippen LogP contribution in [0.15, 0.2) is 52.3 Å². The molecule has 2 aromatic rings. The highest BCUT2D eigenvalue weighted by Crippen LogP contribution is 2.35. The second-order valence-electron chi connectivity index (χ2n) is 7.24. The molecule has 0 saturated carbocycles. The molecule has 1 heterocycles. The first kappa shape index (κ1) is 24.7. The van der Waals surface area contributed by atoms with E-state index < -0.39 is 27.5 Å². The number of nitrogens with one attached hydrogen (secondary N) is 1. The van der Waals surface area contributed by atoms with Gasteiger partial charge in [0.15, 0.2) is 0 Å². The van der Waals surface area contributed by atoms with Gasteiger partial charge in [0, 0.05) is 24.6 Å². The van der Waals surface area contributed by atoms with Crippen LogP contribution >= 0.6 is 23.4 Å². The number of alkyl halides is 3. The van der Waals surface area contributed by atoms with Gasteiger partial charge in [-0.1, -0.05) is 23.7 Å². The molecule has 2 aromatic carbocycles. The number of para-hydroxylation sites is 1. The zero-order valence-corrected chi connectivity index (χ0v) is 19.2. The zero-order chi connectivity index (χ0) is 23.7. The summed E-state index contributed by atoms with van der Waals surface area (Å²) in [5, 5.41) is 11.1. The van der Waals surface area contributed by atoms with Crippen molar-refractivity contribution in [2.45, 2.75) is 28.5 Å². The minimum Gasteiger partial charge on any atom is -0.373 e. The van der Waals surface area contributed by atoms with Crippen molar-refractivity contribution in [2.75, 3.05) is 34.8 Å². The van der Waals surface area contributed by atoms with Crippen LogP contribution in [0, 0.1) is 0 Å². The first-order valence-corrected chi connectivity index (χ1v) is 12.4. The molecule has 6 nitrogen and oxygen atoms in total. The molecular weight excluding hydrogens is 489 g/mol. The second kappa shape index (κ2) is 9.12. The minimum absolute atomic E-state index is 0.0831. The molecule has 32 heavy (non-hydrogen) atoms. The van der Waals surface area contributed by atoms with E-state index in [0.717, 1.165) is 29.7 Å². The Hall–Kier alpha value is -1.95. The highest BCUT2D eigenvalue weighted by atomic mass is 35.5. The monoisotopic (exact) mass is 508 g/mol. The molecule has 1 aliphatic rings. The zero-order valence-electron chi connectivity index (χ0n) is 16.8. The molecule has 1 amide bonds. The highest BCUT2D eigenvalue weighted by molar-refractivity contribution is 7.99. The predicted molar refractivity (Wildman–Crippen MR) is 118 cm³/mol. The number of aliphatic hydroxyl groups is 1. The average molecular weight is 509 g/mol. The lowest BCUT2D eigenvalue weighted by Crippen LogP contribution is -2.52. The van der Waals surface area contributed by atoms with E-state index in [1.165, 1.54) is 6.07 Å². The van der Waals surface area contributed by atoms with Crippen molar-refractivity contribution >= 4 is 50.5 Å². The molecule has 1 saturated heterocycles. The highest BCUT2D eigenvalue weighted by Gasteiger charge is 2.55. The summed E-state index contributed by atoms with van der Waals surface area (Å²) in [5.41, 5.74) is -3.35. The molecule has 0 aliphatic carbocycles. The number of nitrogens with zero attached hydrogens (tertiary/aromatic N) is 1. The maximum Gasteiger partial charge on any atom is 0.426 e. The van der Waals surface area contributed by atoms with E-state index in [-0.39, 0.29) is 20.5 Å². The number of carbonyl (C=O) groups is 1. The largest absolute Gasteiger partial charge is 0.426 e. The molecule has 0 spiro atoms. The first-order valence-electron chi connectivity index (χ1n) is 9.42. The molecule has 1 aliphatic heterocycles. The fourth-order valence-corrected chi connectivity index (χ4v) is 5.71. The van der Waals surface area contributed by atoms with Crippen LogP contribution in [-0.4, -0.2) is 55.8 Å². The lowest BCUT2D eigenvalue weighted by molar-refractivity contribution is -0.242. The number of halogens is 4. The van der Waals surface area contributed by atoms with Crippen LogP contribution < -0.4 is 10.2 Å². The molecule has 0 bridgehead atoms. The van der Waals surface area contributed by atoms with Crippen molar-refractivity contribution in [2.24, 2.45) is 0 Å². The van der Waals surface area contributed by atoms with E-state index in [2.05, 4.69) is 0 Å². The molecule has 0 radical (unpaired) electrons. The van der Waals surface area contributed by atoms with E-state index in [1.807, 2.05) is 10.2 Å². The minimum atomic E-state index is -5.20. The molecule has 0 unspecified atom stereocenters. The van der Waals surface area contributed by atoms with Crippen molar-refractivity contribution in [3.63, 3.8) is 0 Å². The quantitative estimate of drug-likeness (QED) is 0.635. The standard InChI is InChI=1S/C20H20ClF3N2O4S2/c1-19(28,20(22,23)24)18(27)25-15-7-6-13(12-14(15)21)32(29,30)17-5-3-2-4-16(17)26-8-10-31-11-9-26/h2-7,12,28H,8-11H2,1H3,(H,25,27)/t19-/m1/s1. The summed E-state index contributed by atoms with van der Waals surface area (Å²) >= 11 is 7.85. The van der Waals surface area contributed by atoms with Crippen molar-refractivity contribution in [1.82, 2.24) is 0 Å². The van der Waals surface area contributed by atoms with Gasteiger partial charge in [-0.25, -0.2) is 8.42 Å². The summed E-state index contributed by atoms with van der Waals surface area (Å²) in [6.45, 7) is 1.70. The molecule has 12 heteroatoms. The Morgan fingerprint density at radius 2 is 1.78 bits per heavy atom. The molecule has 2 N–H and O–H groups in total. The maximum atomic E-state index is 13.3. The lowest BCUT2D eigenvalue weighted by atomic mass is 10.1. The summed E-state index contributed by atoms with van der Waals surface area (Å²) < 4.78 is 65.2. The predicted octanol–water partition coefficient (Wildman–Crippen LogP) is 3.98. The van der Waals surface area contributed by atoms with E-state index >= 15 is 0 Å². The number of thioether (sulfide) groups is 1. The van der Waals surface area contributed by atoms with Crippen LogP contribution in [0.2, 0.25) is 5.02 Å². The first-order chi connectivity index (χ1) is 14.9. The SMILES string of the molecule is C[C@@](O)(C(=O)Nc1ccc(S(=O)(=O)c2ccccc2N2CCSCC2)cc1Cl)C(F)(F)F. The second-order valence-corrected chi connectivity index (χ2v) is 10.8. The van der Waals surface area contributed by atoms with Crippen molar-refractivity contribution < 1.29 is 31.5 Å². The van der Waals surface area contributed by atoms with Crippen LogP contribution in [-0.2, 0) is 14.6 Å². The van der Waals surface area contributed by atoms with Gasteiger partial charge in [-0.05, 0) is 37.3 Å². The summed E-state index contributed by atoms with van der Waals surface area (Å²) in [6.07, 6.45) is -5.20. The van der Waals surface area contributed by atoms with E-state index in [4.69, 9.17) is 11.6 Å². The van der Waals surface area contributed by atoms with Crippen LogP contribution in [0.4, 0.5) is 24.5 Å². The Balaban J connectivity index is 1.92. The van der Waals surface area contributed by atoms with Crippen LogP contribution in [0.5, 0.6) is 0 Å². The van der Waals surface area contributed by atoms with Gasteiger partial charge >= 0.3 is 6.18 Å². The number of carbonyl (C=O) groups excluding carboxylic acids is 1. The van der Waals surface area contributed by atoms with Crippen LogP contribution in [0.3, 0.4) is 0 Å². The molecule has 1 fully saturated rings. The number of anilines is 2. The fraction of sp³-hybridized carbons (Fsp3) is 0.350. The van der Waals surface area contributed by atoms with Crippen molar-refractivity contribution in [3.05, 3.63) is 47.5 Å². The molecule has 174 valence electrons. The van der Waals surface area contributed by atoms with E-state index in [0.29, 0.717) is 25.7 Å². The summed E-state index contributed by atoms with van der Waals surface area (Å²) in [4.78, 5) is 13.8. The third-order valence-electron chi connectivity index (χ3n) is 5.00. The number of amides is 1. The Kier molecular flexibility index (Phi) is 7.04. The summed E-state index contributed by atoms with van der Waals surface area (Å²) in [7, 11) is -4.01. The van der Waals surface area contributed by atoms with Gasteiger partial charge in [0.2, 0.25) is 15.4 Å². The lowest BCUT2D eigenvalue weighted by Gasteiger charge is -2.30. The number of rotatable bonds is 5. The van der Waals surface area contributed by atoms with Gasteiger partial charge in [0.25, 0.3) is 5.91 Å². The number of hydrogen-bond acceptors (Lipinski definition) is 6. The van der Waals surface area contributed by atoms with E-state index in [9.17, 15) is 31.5 Å². The molecule has 0 aromatic heterocycles. The van der Waals surface area contributed by atoms with Gasteiger partial charge in [0.1, 0.15) is 0 Å². The summed E-state index contributed by atoms with van der Waals surface area (Å²) in [5.74, 6) is 0.00269. The third kappa shape index (κ3) is 4.85. The smallest absolute Gasteiger partial charge is 0.373 e. The Morgan fingerprint density at radius 1 is 1.16 bits per heavy atom. The van der Waals surface area contributed by atoms with Gasteiger partial charge in [-0.3, -0.25) is 4.79 Å². The van der Waals surface area contributed by atoms with Crippen molar-refractivity contribution in [1.29, 1.82) is 0 Å². The molecule has 3 rings (SSSR count). The topological polar surface area (TPSA) is 86.7 Å². The van der Waals surface area contributed by atoms with Gasteiger partial charge in [0.05, 0.1) is 26.2 Å². The van der Waals surface area contributed by atoms with E-state index in [1.54, 1.807) is 30.0 Å². The maximum absolute atomic E-state index is 13.3. The van der Waals surface area contributed by atoms with Gasteiger partial charge < -0.3 is 15.3 Å². The number of hydrogen-bond donors (Lipinski definition) is 2. The Bertz CT molecular complexity index is 1120. The molecular formula is C20H20ClF3N2O4S2. The fourth-order valence-electron chi connectivity index (χ4n) is 3.01. The normalized spacial score (nSPS) is 17.0. The molecule has 1 atom stereocenters. The van der Waals surface area contributed by atoms with Crippen LogP contribution in [0.1, 0.15) is 6.92 Å². The van der Waals surface area contributed by atoms with Crippen molar-refractivity contribution in [3.8, 4) is 0 Å². The average Bonchev–Trinajstić information content (AvgIpc) is 2.74. The van der Waals surface area contributed by atoms with Gasteiger partial charge in [-0.15, -0.1) is 0 Å².